The van der Waals surface area contributed by atoms with E-state index in [1.165, 1.54) is 0 Å². The third-order valence-electron chi connectivity index (χ3n) is 1.79. The van der Waals surface area contributed by atoms with Crippen LogP contribution in [0.15, 0.2) is 55.1 Å². The minimum atomic E-state index is 0.969. The van der Waals surface area contributed by atoms with E-state index in [4.69, 9.17) is 0 Å². The molecule has 0 atom stereocenters. The van der Waals surface area contributed by atoms with Gasteiger partial charge in [-0.1, -0.05) is 42.5 Å². The summed E-state index contributed by atoms with van der Waals surface area (Å²) in [5, 5.41) is 0. The molecule has 2 nitrogen and oxygen atoms in total. The fourth-order valence-electron chi connectivity index (χ4n) is 1.16. The Bertz CT molecular complexity index is 378. The van der Waals surface area contributed by atoms with E-state index in [1.54, 1.807) is 6.33 Å². The van der Waals surface area contributed by atoms with Crippen LogP contribution in [0.1, 0.15) is 5.69 Å². The van der Waals surface area contributed by atoms with E-state index in [0.29, 0.717) is 0 Å². The molecule has 64 valence electrons. The van der Waals surface area contributed by atoms with Crippen LogP contribution in [0.25, 0.3) is 5.57 Å². The molecule has 1 aromatic heterocycles. The number of allylic oxidation sites excluding steroid dienone is 8. The van der Waals surface area contributed by atoms with Gasteiger partial charge in [-0.15, -0.1) is 0 Å². The Kier molecular flexibility index (Phi) is 2.23. The first kappa shape index (κ1) is 7.80. The summed E-state index contributed by atoms with van der Waals surface area (Å²) in [5.41, 5.74) is 2.08. The molecular formula is C11H10N2. The van der Waals surface area contributed by atoms with E-state index in [1.807, 2.05) is 48.7 Å². The first-order valence-electron chi connectivity index (χ1n) is 4.18. The van der Waals surface area contributed by atoms with Crippen molar-refractivity contribution in [3.63, 3.8) is 0 Å². The van der Waals surface area contributed by atoms with Crippen LogP contribution in [-0.2, 0) is 0 Å². The zero-order valence-electron chi connectivity index (χ0n) is 7.14. The summed E-state index contributed by atoms with van der Waals surface area (Å²) in [6.45, 7) is 0. The van der Waals surface area contributed by atoms with Gasteiger partial charge in [0.1, 0.15) is 0 Å². The summed E-state index contributed by atoms with van der Waals surface area (Å²) >= 11 is 0. The topological polar surface area (TPSA) is 28.7 Å². The average Bonchev–Trinajstić information content (AvgIpc) is 2.55. The Balaban J connectivity index is 2.33. The van der Waals surface area contributed by atoms with Gasteiger partial charge in [0.15, 0.2) is 0 Å². The second kappa shape index (κ2) is 3.72. The Morgan fingerprint density at radius 2 is 1.85 bits per heavy atom. The molecule has 13 heavy (non-hydrogen) atoms. The predicted octanol–water partition coefficient (Wildman–Crippen LogP) is 2.48. The number of H-pyrrole nitrogens is 1. The molecule has 1 aliphatic carbocycles. The van der Waals surface area contributed by atoms with Crippen LogP contribution < -0.4 is 0 Å². The van der Waals surface area contributed by atoms with Crippen LogP contribution in [-0.4, -0.2) is 9.97 Å². The monoisotopic (exact) mass is 170 g/mol. The lowest BCUT2D eigenvalue weighted by Crippen LogP contribution is -1.79. The lowest BCUT2D eigenvalue weighted by molar-refractivity contribution is 1.30. The van der Waals surface area contributed by atoms with Crippen molar-refractivity contribution in [2.45, 2.75) is 0 Å². The lowest BCUT2D eigenvalue weighted by Gasteiger charge is -1.95. The van der Waals surface area contributed by atoms with Crippen molar-refractivity contribution >= 4 is 5.57 Å². The van der Waals surface area contributed by atoms with E-state index in [2.05, 4.69) is 9.97 Å². The van der Waals surface area contributed by atoms with E-state index in [9.17, 15) is 0 Å². The minimum absolute atomic E-state index is 0.969. The lowest BCUT2D eigenvalue weighted by atomic mass is 10.1. The van der Waals surface area contributed by atoms with Crippen LogP contribution in [0.5, 0.6) is 0 Å². The van der Waals surface area contributed by atoms with Gasteiger partial charge in [0.05, 0.1) is 12.0 Å². The maximum atomic E-state index is 4.18. The van der Waals surface area contributed by atoms with Gasteiger partial charge in [0.25, 0.3) is 0 Å². The van der Waals surface area contributed by atoms with Gasteiger partial charge in [0.2, 0.25) is 0 Å². The highest BCUT2D eigenvalue weighted by atomic mass is 14.9. The Morgan fingerprint density at radius 1 is 1.00 bits per heavy atom. The van der Waals surface area contributed by atoms with Gasteiger partial charge in [-0.05, 0) is 0 Å². The molecule has 1 aromatic rings. The molecule has 0 saturated carbocycles. The van der Waals surface area contributed by atoms with Crippen molar-refractivity contribution in [1.29, 1.82) is 0 Å². The number of rotatable bonds is 1. The van der Waals surface area contributed by atoms with Gasteiger partial charge >= 0.3 is 0 Å². The molecule has 1 N–H and O–H groups in total. The second-order valence-corrected chi connectivity index (χ2v) is 2.71. The highest BCUT2D eigenvalue weighted by Crippen LogP contribution is 2.13. The molecule has 2 rings (SSSR count). The molecule has 0 saturated heterocycles. The van der Waals surface area contributed by atoms with Gasteiger partial charge in [0, 0.05) is 11.8 Å². The Hall–Kier alpha value is -1.83. The molecule has 0 aromatic carbocycles. The zero-order chi connectivity index (χ0) is 8.93. The maximum Gasteiger partial charge on any atom is 0.0927 e. The van der Waals surface area contributed by atoms with Crippen LogP contribution in [0.3, 0.4) is 0 Å². The molecular weight excluding hydrogens is 160 g/mol. The molecule has 0 spiro atoms. The van der Waals surface area contributed by atoms with Gasteiger partial charge in [-0.3, -0.25) is 0 Å². The van der Waals surface area contributed by atoms with E-state index >= 15 is 0 Å². The fraction of sp³-hybridized carbons (Fsp3) is 0. The number of aromatic nitrogens is 2. The molecule has 0 bridgehead atoms. The molecule has 2 heteroatoms. The first-order chi connectivity index (χ1) is 6.47. The van der Waals surface area contributed by atoms with E-state index < -0.39 is 0 Å². The minimum Gasteiger partial charge on any atom is -0.351 e. The maximum absolute atomic E-state index is 4.18. The number of imidazole rings is 1. The van der Waals surface area contributed by atoms with Crippen LogP contribution in [0.2, 0.25) is 0 Å². The Morgan fingerprint density at radius 3 is 2.69 bits per heavy atom. The van der Waals surface area contributed by atoms with E-state index in [0.717, 1.165) is 11.3 Å². The van der Waals surface area contributed by atoms with Crippen LogP contribution in [0, 0.1) is 0 Å². The number of aromatic amines is 1. The highest BCUT2D eigenvalue weighted by molar-refractivity contribution is 5.73. The summed E-state index contributed by atoms with van der Waals surface area (Å²) in [7, 11) is 0. The third kappa shape index (κ3) is 1.85. The smallest absolute Gasteiger partial charge is 0.0927 e. The molecule has 0 unspecified atom stereocenters. The van der Waals surface area contributed by atoms with E-state index in [-0.39, 0.29) is 0 Å². The SMILES string of the molecule is C1=C\C=C/C(c2c[nH]cn2)=C\C=C/1. The van der Waals surface area contributed by atoms with Crippen molar-refractivity contribution < 1.29 is 0 Å². The standard InChI is InChI=1S/C11H10N2/c1-2-4-6-10(7-5-3-1)11-8-12-9-13-11/h1-9H,(H,12,13)/b2-1-,3-1?,4-2?,5-3-,6-4-,7-5?,10-6?,10-7+. The van der Waals surface area contributed by atoms with Crippen molar-refractivity contribution in [3.8, 4) is 0 Å². The summed E-state index contributed by atoms with van der Waals surface area (Å²) in [6, 6.07) is 0. The molecule has 1 aliphatic rings. The number of nitrogens with one attached hydrogen (secondary N) is 1. The molecule has 0 radical (unpaired) electrons. The van der Waals surface area contributed by atoms with Gasteiger partial charge in [-0.2, -0.15) is 0 Å². The Labute approximate surface area is 77.0 Å². The van der Waals surface area contributed by atoms with Crippen molar-refractivity contribution in [2.75, 3.05) is 0 Å². The quantitative estimate of drug-likeness (QED) is 0.689. The molecule has 0 fully saturated rings. The second-order valence-electron chi connectivity index (χ2n) is 2.71. The number of hydrogen-bond donors (Lipinski definition) is 1. The summed E-state index contributed by atoms with van der Waals surface area (Å²) in [4.78, 5) is 7.11. The van der Waals surface area contributed by atoms with Crippen LogP contribution in [0.4, 0.5) is 0 Å². The summed E-state index contributed by atoms with van der Waals surface area (Å²) in [6.07, 6.45) is 17.6. The summed E-state index contributed by atoms with van der Waals surface area (Å²) < 4.78 is 0. The normalized spacial score (nSPS) is 26.6. The zero-order valence-corrected chi connectivity index (χ0v) is 7.14. The molecule has 1 heterocycles. The molecule has 0 amide bonds. The van der Waals surface area contributed by atoms with Crippen LogP contribution >= 0.6 is 0 Å². The highest BCUT2D eigenvalue weighted by Gasteiger charge is 1.97. The van der Waals surface area contributed by atoms with Crippen molar-refractivity contribution in [1.82, 2.24) is 9.97 Å². The number of hydrogen-bond acceptors (Lipinski definition) is 1. The largest absolute Gasteiger partial charge is 0.351 e. The third-order valence-corrected chi connectivity index (χ3v) is 1.79. The molecule has 0 aliphatic heterocycles. The van der Waals surface area contributed by atoms with Crippen molar-refractivity contribution in [2.24, 2.45) is 0 Å². The van der Waals surface area contributed by atoms with Crippen molar-refractivity contribution in [3.05, 3.63) is 60.8 Å². The predicted molar refractivity (Wildman–Crippen MR) is 54.0 cm³/mol. The number of nitrogens with zero attached hydrogens (tertiary/aromatic N) is 1. The fourth-order valence-corrected chi connectivity index (χ4v) is 1.16. The summed E-state index contributed by atoms with van der Waals surface area (Å²) in [5.74, 6) is 0. The average molecular weight is 170 g/mol. The first-order valence-corrected chi connectivity index (χ1v) is 4.18. The van der Waals surface area contributed by atoms with Gasteiger partial charge in [-0.25, -0.2) is 4.98 Å². The van der Waals surface area contributed by atoms with Gasteiger partial charge < -0.3 is 4.98 Å².